The Bertz CT molecular complexity index is 727. The predicted molar refractivity (Wildman–Crippen MR) is 131 cm³/mol. The third kappa shape index (κ3) is 10.1. The number of benzene rings is 1. The summed E-state index contributed by atoms with van der Waals surface area (Å²) in [6.45, 7) is 10.6. The fraction of sp³-hybridized carbons (Fsp3) is 0.619. The highest BCUT2D eigenvalue weighted by Gasteiger charge is 2.25. The molecule has 4 N–H and O–H groups in total. The van der Waals surface area contributed by atoms with Crippen molar-refractivity contribution >= 4 is 35.8 Å². The van der Waals surface area contributed by atoms with Gasteiger partial charge in [-0.05, 0) is 38.5 Å². The second kappa shape index (κ2) is 13.8. The molecule has 1 unspecified atom stereocenters. The number of guanidine groups is 1. The number of nitrogens with one attached hydrogen (secondary N) is 3. The van der Waals surface area contributed by atoms with Gasteiger partial charge in [-0.15, -0.1) is 24.0 Å². The smallest absolute Gasteiger partial charge is 0.251 e. The van der Waals surface area contributed by atoms with Crippen LogP contribution in [-0.4, -0.2) is 86.5 Å². The molecule has 0 aromatic heterocycles. The first-order valence-electron chi connectivity index (χ1n) is 10.4. The van der Waals surface area contributed by atoms with Crippen LogP contribution in [0.15, 0.2) is 23.2 Å². The molecule has 0 bridgehead atoms. The van der Waals surface area contributed by atoms with E-state index in [1.54, 1.807) is 26.0 Å². The van der Waals surface area contributed by atoms with E-state index in [-0.39, 0.29) is 42.0 Å². The molecule has 1 fully saturated rings. The number of hydrogen-bond acceptors (Lipinski definition) is 5. The number of morpholine rings is 1. The molecule has 1 aliphatic heterocycles. The Balaban J connectivity index is 0.00000480. The van der Waals surface area contributed by atoms with Crippen molar-refractivity contribution in [2.45, 2.75) is 26.4 Å². The summed E-state index contributed by atoms with van der Waals surface area (Å²) >= 11 is 0. The van der Waals surface area contributed by atoms with Gasteiger partial charge in [0.2, 0.25) is 0 Å². The molecule has 1 heterocycles. The average Bonchev–Trinajstić information content (AvgIpc) is 2.71. The van der Waals surface area contributed by atoms with Crippen LogP contribution in [0.3, 0.4) is 0 Å². The summed E-state index contributed by atoms with van der Waals surface area (Å²) in [5, 5.41) is 19.7. The maximum Gasteiger partial charge on any atom is 0.251 e. The van der Waals surface area contributed by atoms with Gasteiger partial charge in [0.1, 0.15) is 5.82 Å². The maximum atomic E-state index is 13.6. The number of ether oxygens (including phenoxy) is 1. The number of rotatable bonds is 9. The lowest BCUT2D eigenvalue weighted by atomic mass is 10.1. The summed E-state index contributed by atoms with van der Waals surface area (Å²) in [6, 6.07) is 4.42. The normalized spacial score (nSPS) is 16.7. The van der Waals surface area contributed by atoms with Crippen LogP contribution in [0.1, 0.15) is 29.8 Å². The minimum Gasteiger partial charge on any atom is -0.387 e. The SMILES string of the molecule is CCNC(=NCC(C)(O)CN1CCOCC1)NCCNC(=O)c1ccc(C)c(F)c1.I. The van der Waals surface area contributed by atoms with E-state index in [4.69, 9.17) is 4.74 Å². The van der Waals surface area contributed by atoms with Crippen LogP contribution in [0, 0.1) is 12.7 Å². The first kappa shape index (κ1) is 27.5. The van der Waals surface area contributed by atoms with E-state index in [9.17, 15) is 14.3 Å². The number of aryl methyl sites for hydroxylation is 1. The van der Waals surface area contributed by atoms with Crippen molar-refractivity contribution in [3.63, 3.8) is 0 Å². The number of aliphatic hydroxyl groups is 1. The van der Waals surface area contributed by atoms with Gasteiger partial charge in [0.25, 0.3) is 5.91 Å². The molecule has 1 amide bonds. The van der Waals surface area contributed by atoms with Gasteiger partial charge in [0.15, 0.2) is 5.96 Å². The first-order chi connectivity index (χ1) is 14.3. The Morgan fingerprint density at radius 2 is 1.94 bits per heavy atom. The highest BCUT2D eigenvalue weighted by Crippen LogP contribution is 2.10. The van der Waals surface area contributed by atoms with Crippen LogP contribution >= 0.6 is 24.0 Å². The lowest BCUT2D eigenvalue weighted by Crippen LogP contribution is -2.48. The van der Waals surface area contributed by atoms with E-state index in [0.717, 1.165) is 13.1 Å². The largest absolute Gasteiger partial charge is 0.387 e. The molecular weight excluding hydrogens is 516 g/mol. The first-order valence-corrected chi connectivity index (χ1v) is 10.4. The summed E-state index contributed by atoms with van der Waals surface area (Å²) in [7, 11) is 0. The highest BCUT2D eigenvalue weighted by atomic mass is 127. The van der Waals surface area contributed by atoms with Crippen molar-refractivity contribution in [2.24, 2.45) is 4.99 Å². The zero-order chi connectivity index (χ0) is 22.0. The lowest BCUT2D eigenvalue weighted by molar-refractivity contribution is -0.0180. The van der Waals surface area contributed by atoms with E-state index in [0.29, 0.717) is 50.9 Å². The van der Waals surface area contributed by atoms with Crippen LogP contribution in [0.25, 0.3) is 0 Å². The van der Waals surface area contributed by atoms with Gasteiger partial charge in [-0.2, -0.15) is 0 Å². The molecule has 10 heteroatoms. The molecule has 0 radical (unpaired) electrons. The number of amides is 1. The van der Waals surface area contributed by atoms with Gasteiger partial charge < -0.3 is 25.8 Å². The Morgan fingerprint density at radius 1 is 1.26 bits per heavy atom. The number of aliphatic imine (C=N–C) groups is 1. The van der Waals surface area contributed by atoms with Crippen molar-refractivity contribution < 1.29 is 19.0 Å². The Kier molecular flexibility index (Phi) is 12.3. The standard InChI is InChI=1S/C21H34FN5O3.HI/c1-4-23-20(26-14-21(3,29)15-27-9-11-30-12-10-27)25-8-7-24-19(28)17-6-5-16(2)18(22)13-17;/h5-6,13,29H,4,7-12,14-15H2,1-3H3,(H,24,28)(H2,23,25,26);1H. The summed E-state index contributed by atoms with van der Waals surface area (Å²) in [6.07, 6.45) is 0. The highest BCUT2D eigenvalue weighted by molar-refractivity contribution is 14.0. The molecule has 0 saturated carbocycles. The minimum absolute atomic E-state index is 0. The van der Waals surface area contributed by atoms with Crippen molar-refractivity contribution in [2.75, 3.05) is 59.0 Å². The van der Waals surface area contributed by atoms with Crippen LogP contribution in [0.2, 0.25) is 0 Å². The molecule has 0 aliphatic carbocycles. The Hall–Kier alpha value is -1.50. The number of hydrogen-bond donors (Lipinski definition) is 4. The molecule has 31 heavy (non-hydrogen) atoms. The van der Waals surface area contributed by atoms with Crippen molar-refractivity contribution in [1.82, 2.24) is 20.9 Å². The molecule has 1 aromatic rings. The third-order valence-corrected chi connectivity index (χ3v) is 4.73. The van der Waals surface area contributed by atoms with Crippen molar-refractivity contribution in [1.29, 1.82) is 0 Å². The van der Waals surface area contributed by atoms with Gasteiger partial charge in [0.05, 0.1) is 25.4 Å². The number of carbonyl (C=O) groups is 1. The maximum absolute atomic E-state index is 13.6. The Labute approximate surface area is 201 Å². The van der Waals surface area contributed by atoms with E-state index in [1.807, 2.05) is 6.92 Å². The van der Waals surface area contributed by atoms with Crippen LogP contribution in [0.5, 0.6) is 0 Å². The van der Waals surface area contributed by atoms with Crippen molar-refractivity contribution in [3.05, 3.63) is 35.1 Å². The summed E-state index contributed by atoms with van der Waals surface area (Å²) in [5.74, 6) is -0.159. The predicted octanol–water partition coefficient (Wildman–Crippen LogP) is 1.12. The number of β-amino-alcohol motifs (C(OH)–C–C–N with tert-alkyl or cyclic N) is 1. The lowest BCUT2D eigenvalue weighted by Gasteiger charge is -2.33. The van der Waals surface area contributed by atoms with Crippen LogP contribution < -0.4 is 16.0 Å². The second-order valence-corrected chi connectivity index (χ2v) is 7.73. The van der Waals surface area contributed by atoms with E-state index in [1.165, 1.54) is 6.07 Å². The van der Waals surface area contributed by atoms with Crippen molar-refractivity contribution in [3.8, 4) is 0 Å². The van der Waals surface area contributed by atoms with Crippen LogP contribution in [-0.2, 0) is 4.74 Å². The van der Waals surface area contributed by atoms with Gasteiger partial charge in [-0.25, -0.2) is 4.39 Å². The molecule has 176 valence electrons. The molecule has 2 rings (SSSR count). The third-order valence-electron chi connectivity index (χ3n) is 4.73. The molecule has 8 nitrogen and oxygen atoms in total. The fourth-order valence-electron chi connectivity index (χ4n) is 3.08. The molecule has 1 atom stereocenters. The quantitative estimate of drug-likeness (QED) is 0.159. The molecule has 1 aliphatic rings. The van der Waals surface area contributed by atoms with E-state index in [2.05, 4.69) is 25.8 Å². The zero-order valence-corrected chi connectivity index (χ0v) is 20.9. The van der Waals surface area contributed by atoms with E-state index < -0.39 is 11.4 Å². The molecule has 1 aromatic carbocycles. The monoisotopic (exact) mass is 551 g/mol. The minimum atomic E-state index is -0.955. The average molecular weight is 551 g/mol. The van der Waals surface area contributed by atoms with Gasteiger partial charge >= 0.3 is 0 Å². The number of nitrogens with zero attached hydrogens (tertiary/aromatic N) is 2. The number of halogens is 2. The fourth-order valence-corrected chi connectivity index (χ4v) is 3.08. The van der Waals surface area contributed by atoms with Gasteiger partial charge in [0, 0.05) is 44.8 Å². The van der Waals surface area contributed by atoms with Gasteiger partial charge in [-0.3, -0.25) is 14.7 Å². The van der Waals surface area contributed by atoms with E-state index >= 15 is 0 Å². The topological polar surface area (TPSA) is 98.2 Å². The summed E-state index contributed by atoms with van der Waals surface area (Å²) < 4.78 is 18.9. The molecular formula is C21H35FIN5O3. The molecule has 0 spiro atoms. The summed E-state index contributed by atoms with van der Waals surface area (Å²) in [4.78, 5) is 18.8. The Morgan fingerprint density at radius 3 is 2.58 bits per heavy atom. The summed E-state index contributed by atoms with van der Waals surface area (Å²) in [5.41, 5.74) is -0.161. The molecule has 1 saturated heterocycles. The number of carbonyl (C=O) groups excluding carboxylic acids is 1. The van der Waals surface area contributed by atoms with Crippen LogP contribution in [0.4, 0.5) is 4.39 Å². The second-order valence-electron chi connectivity index (χ2n) is 7.73. The van der Waals surface area contributed by atoms with Gasteiger partial charge in [-0.1, -0.05) is 6.07 Å². The zero-order valence-electron chi connectivity index (χ0n) is 18.5.